The van der Waals surface area contributed by atoms with Gasteiger partial charge >= 0.3 is 0 Å². The van der Waals surface area contributed by atoms with Crippen molar-refractivity contribution in [3.8, 4) is 5.75 Å². The van der Waals surface area contributed by atoms with Gasteiger partial charge in [0.2, 0.25) is 5.91 Å². The molecule has 1 N–H and O–H groups in total. The van der Waals surface area contributed by atoms with Gasteiger partial charge in [-0.15, -0.1) is 10.2 Å². The first-order chi connectivity index (χ1) is 15.6. The highest BCUT2D eigenvalue weighted by atomic mass is 35.5. The maximum atomic E-state index is 12.4. The van der Waals surface area contributed by atoms with Crippen LogP contribution in [0.25, 0.3) is 0 Å². The highest BCUT2D eigenvalue weighted by Crippen LogP contribution is 2.28. The fourth-order valence-corrected chi connectivity index (χ4v) is 4.58. The smallest absolute Gasteiger partial charge is 0.234 e. The Bertz CT molecular complexity index is 1090. The lowest BCUT2D eigenvalue weighted by atomic mass is 9.87. The molecule has 0 saturated heterocycles. The molecule has 0 fully saturated rings. The van der Waals surface area contributed by atoms with Crippen LogP contribution >= 0.6 is 35.0 Å². The molecule has 6 nitrogen and oxygen atoms in total. The number of ether oxygens (including phenoxy) is 1. The molecule has 0 saturated carbocycles. The van der Waals surface area contributed by atoms with Gasteiger partial charge in [-0.05, 0) is 55.2 Å². The SMILES string of the molecule is CCn1c(SCC(=O)Nc2cc(Cl)cc(Cl)c2)nnc1C(C)Oc1ccc(C(C)(C)C)cc1. The standard InChI is InChI=1S/C24H28Cl2N4O2S/c1-6-30-22(15(2)32-20-9-7-16(8-10-20)24(3,4)5)28-29-23(30)33-14-21(31)27-19-12-17(25)11-18(26)13-19/h7-13,15H,6,14H2,1-5H3,(H,27,31). The normalized spacial score (nSPS) is 12.5. The van der Waals surface area contributed by atoms with Gasteiger partial charge in [0.25, 0.3) is 0 Å². The lowest BCUT2D eigenvalue weighted by Gasteiger charge is -2.20. The predicted molar refractivity (Wildman–Crippen MR) is 136 cm³/mol. The van der Waals surface area contributed by atoms with Crippen LogP contribution < -0.4 is 10.1 Å². The zero-order valence-corrected chi connectivity index (χ0v) is 21.7. The van der Waals surface area contributed by atoms with Crippen molar-refractivity contribution in [2.24, 2.45) is 0 Å². The monoisotopic (exact) mass is 506 g/mol. The molecule has 2 aromatic carbocycles. The minimum atomic E-state index is -0.297. The Morgan fingerprint density at radius 3 is 2.33 bits per heavy atom. The fourth-order valence-electron chi connectivity index (χ4n) is 3.25. The van der Waals surface area contributed by atoms with Crippen molar-refractivity contribution in [3.63, 3.8) is 0 Å². The third-order valence-corrected chi connectivity index (χ3v) is 6.34. The van der Waals surface area contributed by atoms with Gasteiger partial charge in [0.05, 0.1) is 5.75 Å². The van der Waals surface area contributed by atoms with Crippen LogP contribution in [0.5, 0.6) is 5.75 Å². The average Bonchev–Trinajstić information content (AvgIpc) is 3.14. The number of carbonyl (C=O) groups is 1. The Kier molecular flexibility index (Phi) is 8.32. The highest BCUT2D eigenvalue weighted by Gasteiger charge is 2.20. The summed E-state index contributed by atoms with van der Waals surface area (Å²) < 4.78 is 8.07. The predicted octanol–water partition coefficient (Wildman–Crippen LogP) is 6.77. The lowest BCUT2D eigenvalue weighted by Crippen LogP contribution is -2.15. The molecule has 33 heavy (non-hydrogen) atoms. The molecule has 0 aliphatic heterocycles. The van der Waals surface area contributed by atoms with E-state index >= 15 is 0 Å². The molecule has 3 aromatic rings. The Balaban J connectivity index is 1.63. The van der Waals surface area contributed by atoms with Gasteiger partial charge in [0.1, 0.15) is 5.75 Å². The fraction of sp³-hybridized carbons (Fsp3) is 0.375. The van der Waals surface area contributed by atoms with E-state index in [1.165, 1.54) is 17.3 Å². The maximum absolute atomic E-state index is 12.4. The summed E-state index contributed by atoms with van der Waals surface area (Å²) in [7, 11) is 0. The number of hydrogen-bond acceptors (Lipinski definition) is 5. The second-order valence-electron chi connectivity index (χ2n) is 8.61. The minimum Gasteiger partial charge on any atom is -0.483 e. The van der Waals surface area contributed by atoms with Gasteiger partial charge in [0.15, 0.2) is 17.1 Å². The number of amides is 1. The number of nitrogens with zero attached hydrogens (tertiary/aromatic N) is 3. The summed E-state index contributed by atoms with van der Waals surface area (Å²) in [6.07, 6.45) is -0.297. The van der Waals surface area contributed by atoms with Crippen LogP contribution in [-0.2, 0) is 16.8 Å². The molecule has 1 heterocycles. The summed E-state index contributed by atoms with van der Waals surface area (Å²) >= 11 is 13.3. The quantitative estimate of drug-likeness (QED) is 0.341. The average molecular weight is 507 g/mol. The number of thioether (sulfide) groups is 1. The van der Waals surface area contributed by atoms with Crippen LogP contribution in [0.1, 0.15) is 52.1 Å². The van der Waals surface area contributed by atoms with Crippen molar-refractivity contribution in [2.45, 2.75) is 57.8 Å². The van der Waals surface area contributed by atoms with E-state index in [0.29, 0.717) is 33.3 Å². The van der Waals surface area contributed by atoms with Gasteiger partial charge in [-0.2, -0.15) is 0 Å². The molecule has 1 aromatic heterocycles. The van der Waals surface area contributed by atoms with E-state index in [1.54, 1.807) is 18.2 Å². The van der Waals surface area contributed by atoms with E-state index in [9.17, 15) is 4.79 Å². The van der Waals surface area contributed by atoms with Gasteiger partial charge in [-0.25, -0.2) is 0 Å². The van der Waals surface area contributed by atoms with E-state index in [2.05, 4.69) is 48.4 Å². The second-order valence-corrected chi connectivity index (χ2v) is 10.4. The molecule has 0 aliphatic rings. The van der Waals surface area contributed by atoms with Crippen molar-refractivity contribution in [3.05, 3.63) is 63.9 Å². The second kappa shape index (κ2) is 10.8. The van der Waals surface area contributed by atoms with Crippen molar-refractivity contribution >= 4 is 46.6 Å². The number of carbonyl (C=O) groups excluding carboxylic acids is 1. The lowest BCUT2D eigenvalue weighted by molar-refractivity contribution is -0.113. The van der Waals surface area contributed by atoms with Gasteiger partial charge in [-0.1, -0.05) is 67.9 Å². The van der Waals surface area contributed by atoms with E-state index in [0.717, 1.165) is 5.75 Å². The largest absolute Gasteiger partial charge is 0.483 e. The molecule has 3 rings (SSSR count). The van der Waals surface area contributed by atoms with E-state index in [1.807, 2.05) is 30.5 Å². The first-order valence-electron chi connectivity index (χ1n) is 10.7. The van der Waals surface area contributed by atoms with Gasteiger partial charge in [-0.3, -0.25) is 4.79 Å². The molecule has 0 aliphatic carbocycles. The Hall–Kier alpha value is -2.22. The molecular formula is C24H28Cl2N4O2S. The van der Waals surface area contributed by atoms with Crippen molar-refractivity contribution in [2.75, 3.05) is 11.1 Å². The highest BCUT2D eigenvalue weighted by molar-refractivity contribution is 7.99. The summed E-state index contributed by atoms with van der Waals surface area (Å²) in [5, 5.41) is 13.0. The first-order valence-corrected chi connectivity index (χ1v) is 12.4. The number of halogens is 2. The third-order valence-electron chi connectivity index (χ3n) is 4.94. The number of benzene rings is 2. The zero-order chi connectivity index (χ0) is 24.2. The Morgan fingerprint density at radius 1 is 1.12 bits per heavy atom. The van der Waals surface area contributed by atoms with Crippen molar-refractivity contribution in [1.82, 2.24) is 14.8 Å². The Labute approximate surface area is 209 Å². The van der Waals surface area contributed by atoms with E-state index in [-0.39, 0.29) is 23.2 Å². The number of aromatic nitrogens is 3. The number of anilines is 1. The van der Waals surface area contributed by atoms with Gasteiger partial charge < -0.3 is 14.6 Å². The summed E-state index contributed by atoms with van der Waals surface area (Å²) in [5.74, 6) is 1.47. The summed E-state index contributed by atoms with van der Waals surface area (Å²) in [4.78, 5) is 12.4. The number of nitrogens with one attached hydrogen (secondary N) is 1. The first kappa shape index (κ1) is 25.4. The van der Waals surface area contributed by atoms with Crippen LogP contribution in [0.2, 0.25) is 10.0 Å². The topological polar surface area (TPSA) is 69.0 Å². The molecule has 0 spiro atoms. The van der Waals surface area contributed by atoms with Crippen LogP contribution in [-0.4, -0.2) is 26.4 Å². The molecule has 9 heteroatoms. The van der Waals surface area contributed by atoms with E-state index in [4.69, 9.17) is 27.9 Å². The summed E-state index contributed by atoms with van der Waals surface area (Å²) in [5.41, 5.74) is 1.88. The molecule has 1 amide bonds. The summed E-state index contributed by atoms with van der Waals surface area (Å²) in [6, 6.07) is 13.0. The molecule has 0 bridgehead atoms. The number of rotatable bonds is 8. The molecule has 1 unspecified atom stereocenters. The van der Waals surface area contributed by atoms with Crippen molar-refractivity contribution in [1.29, 1.82) is 0 Å². The molecule has 176 valence electrons. The number of hydrogen-bond donors (Lipinski definition) is 1. The van der Waals surface area contributed by atoms with Crippen molar-refractivity contribution < 1.29 is 9.53 Å². The molecule has 1 atom stereocenters. The summed E-state index contributed by atoms with van der Waals surface area (Å²) in [6.45, 7) is 11.1. The van der Waals surface area contributed by atoms with Gasteiger partial charge in [0, 0.05) is 22.3 Å². The minimum absolute atomic E-state index is 0.0873. The molecular weight excluding hydrogens is 479 g/mol. The zero-order valence-electron chi connectivity index (χ0n) is 19.4. The molecule has 0 radical (unpaired) electrons. The van der Waals surface area contributed by atoms with E-state index < -0.39 is 0 Å². The van der Waals surface area contributed by atoms with Crippen LogP contribution in [0.3, 0.4) is 0 Å². The van der Waals surface area contributed by atoms with Crippen LogP contribution in [0.4, 0.5) is 5.69 Å². The van der Waals surface area contributed by atoms with Crippen LogP contribution in [0.15, 0.2) is 47.6 Å². The Morgan fingerprint density at radius 2 is 1.76 bits per heavy atom. The maximum Gasteiger partial charge on any atom is 0.234 e. The van der Waals surface area contributed by atoms with Crippen LogP contribution in [0, 0.1) is 0 Å². The third kappa shape index (κ3) is 6.88.